The zero-order chi connectivity index (χ0) is 15.9. The largest absolute Gasteiger partial charge is 0.325 e. The molecule has 0 aliphatic heterocycles. The number of hydrogen-bond acceptors (Lipinski definition) is 4. The third kappa shape index (κ3) is 4.89. The molecule has 0 radical (unpaired) electrons. The van der Waals surface area contributed by atoms with Crippen molar-refractivity contribution < 1.29 is 9.72 Å². The molecule has 0 unspecified atom stereocenters. The van der Waals surface area contributed by atoms with E-state index in [2.05, 4.69) is 11.4 Å². The van der Waals surface area contributed by atoms with Crippen molar-refractivity contribution in [3.8, 4) is 0 Å². The summed E-state index contributed by atoms with van der Waals surface area (Å²) in [5.74, 6) is 0.992. The number of nitro benzene ring substituents is 1. The Hall–Kier alpha value is -2.34. The second-order valence-electron chi connectivity index (χ2n) is 4.83. The number of aryl methyl sites for hydroxylation is 1. The van der Waals surface area contributed by atoms with Crippen molar-refractivity contribution in [2.24, 2.45) is 0 Å². The maximum atomic E-state index is 11.8. The summed E-state index contributed by atoms with van der Waals surface area (Å²) in [5.41, 5.74) is 2.96. The minimum Gasteiger partial charge on any atom is -0.325 e. The van der Waals surface area contributed by atoms with Crippen LogP contribution in [0.3, 0.4) is 0 Å². The fourth-order valence-electron chi connectivity index (χ4n) is 1.93. The molecule has 6 heteroatoms. The normalized spacial score (nSPS) is 10.2. The molecule has 0 aliphatic carbocycles. The summed E-state index contributed by atoms with van der Waals surface area (Å²) in [4.78, 5) is 21.9. The summed E-state index contributed by atoms with van der Waals surface area (Å²) in [6, 6.07) is 14.0. The molecule has 0 heterocycles. The first-order valence-corrected chi connectivity index (χ1v) is 7.87. The van der Waals surface area contributed by atoms with Gasteiger partial charge in [-0.2, -0.15) is 0 Å². The molecule has 2 rings (SSSR count). The molecule has 0 saturated carbocycles. The zero-order valence-electron chi connectivity index (χ0n) is 12.1. The van der Waals surface area contributed by atoms with Crippen LogP contribution in [0.15, 0.2) is 48.5 Å². The third-order valence-electron chi connectivity index (χ3n) is 2.95. The summed E-state index contributed by atoms with van der Waals surface area (Å²) in [6.07, 6.45) is 0. The van der Waals surface area contributed by atoms with E-state index in [0.717, 1.165) is 5.75 Å². The van der Waals surface area contributed by atoms with E-state index in [1.54, 1.807) is 0 Å². The average molecular weight is 316 g/mol. The number of nitrogens with zero attached hydrogens (tertiary/aromatic N) is 1. The lowest BCUT2D eigenvalue weighted by Gasteiger charge is -2.05. The number of carbonyl (C=O) groups is 1. The molecule has 22 heavy (non-hydrogen) atoms. The van der Waals surface area contributed by atoms with Gasteiger partial charge in [-0.05, 0) is 24.6 Å². The average Bonchev–Trinajstić information content (AvgIpc) is 2.48. The van der Waals surface area contributed by atoms with Gasteiger partial charge in [-0.15, -0.1) is 11.8 Å². The summed E-state index contributed by atoms with van der Waals surface area (Å²) >= 11 is 1.53. The molecule has 0 atom stereocenters. The van der Waals surface area contributed by atoms with Gasteiger partial charge in [0, 0.05) is 23.6 Å². The van der Waals surface area contributed by atoms with Crippen molar-refractivity contribution in [2.45, 2.75) is 12.7 Å². The molecule has 0 spiro atoms. The Morgan fingerprint density at radius 3 is 2.59 bits per heavy atom. The van der Waals surface area contributed by atoms with Crippen LogP contribution in [0.5, 0.6) is 0 Å². The summed E-state index contributed by atoms with van der Waals surface area (Å²) in [7, 11) is 0. The van der Waals surface area contributed by atoms with Gasteiger partial charge >= 0.3 is 0 Å². The maximum Gasteiger partial charge on any atom is 0.269 e. The van der Waals surface area contributed by atoms with Gasteiger partial charge < -0.3 is 5.32 Å². The van der Waals surface area contributed by atoms with Gasteiger partial charge in [-0.25, -0.2) is 0 Å². The minimum atomic E-state index is -0.469. The van der Waals surface area contributed by atoms with Crippen molar-refractivity contribution in [1.82, 2.24) is 0 Å². The molecule has 0 bridgehead atoms. The van der Waals surface area contributed by atoms with Crippen molar-refractivity contribution in [1.29, 1.82) is 0 Å². The van der Waals surface area contributed by atoms with Crippen LogP contribution in [-0.2, 0) is 10.5 Å². The number of nitro groups is 1. The SMILES string of the molecule is Cc1cccc(CSCC(=O)Nc2ccc([N+](=O)[O-])cc2)c1. The van der Waals surface area contributed by atoms with Crippen molar-refractivity contribution >= 4 is 29.0 Å². The number of non-ortho nitro benzene ring substituents is 1. The predicted octanol–water partition coefficient (Wildman–Crippen LogP) is 3.78. The Kier molecular flexibility index (Phi) is 5.55. The topological polar surface area (TPSA) is 72.2 Å². The molecule has 0 saturated heterocycles. The lowest BCUT2D eigenvalue weighted by Crippen LogP contribution is -2.14. The summed E-state index contributed by atoms with van der Waals surface area (Å²) in [6.45, 7) is 2.04. The Labute approximate surface area is 132 Å². The molecule has 1 amide bonds. The Bertz CT molecular complexity index is 671. The van der Waals surface area contributed by atoms with Gasteiger partial charge in [0.15, 0.2) is 0 Å². The molecule has 0 aliphatic rings. The van der Waals surface area contributed by atoms with E-state index in [9.17, 15) is 14.9 Å². The fraction of sp³-hybridized carbons (Fsp3) is 0.188. The van der Waals surface area contributed by atoms with E-state index in [1.807, 2.05) is 25.1 Å². The Balaban J connectivity index is 1.79. The van der Waals surface area contributed by atoms with Crippen LogP contribution in [0.4, 0.5) is 11.4 Å². The summed E-state index contributed by atoms with van der Waals surface area (Å²) < 4.78 is 0. The van der Waals surface area contributed by atoms with E-state index in [1.165, 1.54) is 47.2 Å². The molecule has 0 aromatic heterocycles. The van der Waals surface area contributed by atoms with Gasteiger partial charge in [-0.3, -0.25) is 14.9 Å². The van der Waals surface area contributed by atoms with Gasteiger partial charge in [0.05, 0.1) is 10.7 Å². The number of nitrogens with one attached hydrogen (secondary N) is 1. The second-order valence-corrected chi connectivity index (χ2v) is 5.82. The van der Waals surface area contributed by atoms with Crippen LogP contribution in [0.25, 0.3) is 0 Å². The standard InChI is InChI=1S/C16H16N2O3S/c1-12-3-2-4-13(9-12)10-22-11-16(19)17-14-5-7-15(8-6-14)18(20)21/h2-9H,10-11H2,1H3,(H,17,19). The molecular weight excluding hydrogens is 300 g/mol. The highest BCUT2D eigenvalue weighted by Crippen LogP contribution is 2.17. The fourth-order valence-corrected chi connectivity index (χ4v) is 2.70. The molecule has 2 aromatic rings. The van der Waals surface area contributed by atoms with Gasteiger partial charge in [-0.1, -0.05) is 29.8 Å². The van der Waals surface area contributed by atoms with Crippen LogP contribution in [0.2, 0.25) is 0 Å². The van der Waals surface area contributed by atoms with Crippen LogP contribution in [-0.4, -0.2) is 16.6 Å². The molecular formula is C16H16N2O3S. The first kappa shape index (κ1) is 16.0. The maximum absolute atomic E-state index is 11.8. The van der Waals surface area contributed by atoms with Crippen molar-refractivity contribution in [3.63, 3.8) is 0 Å². The lowest BCUT2D eigenvalue weighted by molar-refractivity contribution is -0.384. The Morgan fingerprint density at radius 2 is 1.95 bits per heavy atom. The van der Waals surface area contributed by atoms with E-state index in [4.69, 9.17) is 0 Å². The van der Waals surface area contributed by atoms with E-state index in [-0.39, 0.29) is 11.6 Å². The monoisotopic (exact) mass is 316 g/mol. The first-order chi connectivity index (χ1) is 10.5. The van der Waals surface area contributed by atoms with Crippen molar-refractivity contribution in [3.05, 3.63) is 69.8 Å². The van der Waals surface area contributed by atoms with Crippen LogP contribution in [0, 0.1) is 17.0 Å². The number of amides is 1. The zero-order valence-corrected chi connectivity index (χ0v) is 12.9. The van der Waals surface area contributed by atoms with Crippen LogP contribution >= 0.6 is 11.8 Å². The third-order valence-corrected chi connectivity index (χ3v) is 3.95. The highest BCUT2D eigenvalue weighted by molar-refractivity contribution is 7.99. The van der Waals surface area contributed by atoms with E-state index in [0.29, 0.717) is 11.4 Å². The number of rotatable bonds is 6. The number of hydrogen-bond donors (Lipinski definition) is 1. The lowest BCUT2D eigenvalue weighted by atomic mass is 10.2. The van der Waals surface area contributed by atoms with Crippen LogP contribution < -0.4 is 5.32 Å². The van der Waals surface area contributed by atoms with E-state index < -0.39 is 4.92 Å². The Morgan fingerprint density at radius 1 is 1.23 bits per heavy atom. The molecule has 2 aromatic carbocycles. The van der Waals surface area contributed by atoms with E-state index >= 15 is 0 Å². The molecule has 114 valence electrons. The predicted molar refractivity (Wildman–Crippen MR) is 89.1 cm³/mol. The number of thioether (sulfide) groups is 1. The second kappa shape index (κ2) is 7.61. The summed E-state index contributed by atoms with van der Waals surface area (Å²) in [5, 5.41) is 13.3. The molecule has 1 N–H and O–H groups in total. The van der Waals surface area contributed by atoms with Crippen LogP contribution in [0.1, 0.15) is 11.1 Å². The highest BCUT2D eigenvalue weighted by Gasteiger charge is 2.06. The quantitative estimate of drug-likeness (QED) is 0.650. The van der Waals surface area contributed by atoms with Gasteiger partial charge in [0.25, 0.3) is 5.69 Å². The number of benzene rings is 2. The number of anilines is 1. The van der Waals surface area contributed by atoms with Crippen molar-refractivity contribution in [2.75, 3.05) is 11.1 Å². The highest BCUT2D eigenvalue weighted by atomic mass is 32.2. The molecule has 0 fully saturated rings. The van der Waals surface area contributed by atoms with Gasteiger partial charge in [0.2, 0.25) is 5.91 Å². The smallest absolute Gasteiger partial charge is 0.269 e. The van der Waals surface area contributed by atoms with Gasteiger partial charge in [0.1, 0.15) is 0 Å². The minimum absolute atomic E-state index is 0.00632. The number of carbonyl (C=O) groups excluding carboxylic acids is 1. The first-order valence-electron chi connectivity index (χ1n) is 6.72. The molecule has 5 nitrogen and oxygen atoms in total.